The minimum absolute atomic E-state index is 0.0415. The molecule has 0 fully saturated rings. The number of pyridine rings is 1. The molecule has 1 atom stereocenters. The lowest BCUT2D eigenvalue weighted by Crippen LogP contribution is -2.35. The molecule has 0 spiro atoms. The molecule has 0 radical (unpaired) electrons. The lowest BCUT2D eigenvalue weighted by Gasteiger charge is -2.26. The zero-order valence-corrected chi connectivity index (χ0v) is 12.1. The molecule has 0 aliphatic rings. The Morgan fingerprint density at radius 3 is 2.76 bits per heavy atom. The highest BCUT2D eigenvalue weighted by Crippen LogP contribution is 2.21. The minimum atomic E-state index is 0.0415. The molecule has 1 unspecified atom stereocenters. The summed E-state index contributed by atoms with van der Waals surface area (Å²) in [5, 5.41) is 7.44. The van der Waals surface area contributed by atoms with E-state index in [0.717, 1.165) is 28.9 Å². The summed E-state index contributed by atoms with van der Waals surface area (Å²) < 4.78 is 0.981. The number of aryl methyl sites for hydroxylation is 1. The molecule has 0 aliphatic heterocycles. The van der Waals surface area contributed by atoms with E-state index >= 15 is 0 Å². The summed E-state index contributed by atoms with van der Waals surface area (Å²) in [5.41, 5.74) is 6.63. The molecule has 4 nitrogen and oxygen atoms in total. The topological polar surface area (TPSA) is 66.0 Å². The highest BCUT2D eigenvalue weighted by molar-refractivity contribution is 9.10. The van der Waals surface area contributed by atoms with Gasteiger partial charge in [-0.3, -0.25) is 5.41 Å². The van der Waals surface area contributed by atoms with E-state index in [1.54, 1.807) is 6.20 Å². The SMILES string of the molecule is CCN(CC(C)C(=N)N)c1ncc(Br)cc1C. The van der Waals surface area contributed by atoms with Crippen molar-refractivity contribution in [2.45, 2.75) is 20.8 Å². The molecule has 0 aromatic carbocycles. The lowest BCUT2D eigenvalue weighted by atomic mass is 10.1. The van der Waals surface area contributed by atoms with Crippen molar-refractivity contribution >= 4 is 27.6 Å². The van der Waals surface area contributed by atoms with Crippen LogP contribution in [0.3, 0.4) is 0 Å². The fourth-order valence-electron chi connectivity index (χ4n) is 1.66. The van der Waals surface area contributed by atoms with E-state index in [1.807, 2.05) is 19.9 Å². The number of aromatic nitrogens is 1. The monoisotopic (exact) mass is 298 g/mol. The van der Waals surface area contributed by atoms with E-state index in [9.17, 15) is 0 Å². The van der Waals surface area contributed by atoms with E-state index in [0.29, 0.717) is 0 Å². The van der Waals surface area contributed by atoms with Crippen LogP contribution in [-0.4, -0.2) is 23.9 Å². The Kier molecular flexibility index (Phi) is 4.93. The van der Waals surface area contributed by atoms with Crippen LogP contribution in [0.25, 0.3) is 0 Å². The Labute approximate surface area is 111 Å². The van der Waals surface area contributed by atoms with Crippen LogP contribution in [0.1, 0.15) is 19.4 Å². The van der Waals surface area contributed by atoms with Gasteiger partial charge in [0.05, 0.1) is 5.84 Å². The maximum atomic E-state index is 7.44. The van der Waals surface area contributed by atoms with Gasteiger partial charge in [-0.15, -0.1) is 0 Å². The second kappa shape index (κ2) is 6.00. The molecule has 1 heterocycles. The molecule has 0 saturated carbocycles. The first kappa shape index (κ1) is 14.0. The van der Waals surface area contributed by atoms with E-state index in [4.69, 9.17) is 11.1 Å². The molecular formula is C12H19BrN4. The van der Waals surface area contributed by atoms with Crippen LogP contribution in [0.5, 0.6) is 0 Å². The number of nitrogens with one attached hydrogen (secondary N) is 1. The van der Waals surface area contributed by atoms with Crippen molar-refractivity contribution in [1.82, 2.24) is 4.98 Å². The van der Waals surface area contributed by atoms with Crippen LogP contribution in [0.4, 0.5) is 5.82 Å². The Bertz CT molecular complexity index is 405. The summed E-state index contributed by atoms with van der Waals surface area (Å²) in [6, 6.07) is 2.05. The van der Waals surface area contributed by atoms with Gasteiger partial charge in [0, 0.05) is 29.7 Å². The molecule has 94 valence electrons. The van der Waals surface area contributed by atoms with Gasteiger partial charge in [-0.05, 0) is 41.4 Å². The van der Waals surface area contributed by atoms with Crippen molar-refractivity contribution < 1.29 is 0 Å². The number of amidine groups is 1. The van der Waals surface area contributed by atoms with E-state index < -0.39 is 0 Å². The molecule has 5 heteroatoms. The van der Waals surface area contributed by atoms with Gasteiger partial charge >= 0.3 is 0 Å². The summed E-state index contributed by atoms with van der Waals surface area (Å²) in [6.07, 6.45) is 1.80. The maximum Gasteiger partial charge on any atom is 0.131 e. The number of rotatable bonds is 5. The predicted octanol–water partition coefficient (Wildman–Crippen LogP) is 2.55. The fraction of sp³-hybridized carbons (Fsp3) is 0.500. The van der Waals surface area contributed by atoms with Gasteiger partial charge in [0.25, 0.3) is 0 Å². The summed E-state index contributed by atoms with van der Waals surface area (Å²) in [4.78, 5) is 6.58. The van der Waals surface area contributed by atoms with Gasteiger partial charge in [-0.2, -0.15) is 0 Å². The Morgan fingerprint density at radius 1 is 1.65 bits per heavy atom. The number of nitrogens with zero attached hydrogens (tertiary/aromatic N) is 2. The van der Waals surface area contributed by atoms with Gasteiger partial charge in [0.15, 0.2) is 0 Å². The number of anilines is 1. The first-order chi connectivity index (χ1) is 7.95. The molecule has 1 rings (SSSR count). The van der Waals surface area contributed by atoms with Crippen LogP contribution >= 0.6 is 15.9 Å². The van der Waals surface area contributed by atoms with E-state index in [1.165, 1.54) is 0 Å². The van der Waals surface area contributed by atoms with Crippen LogP contribution in [0.15, 0.2) is 16.7 Å². The zero-order chi connectivity index (χ0) is 13.0. The molecular weight excluding hydrogens is 280 g/mol. The molecule has 0 saturated heterocycles. The van der Waals surface area contributed by atoms with Crippen molar-refractivity contribution in [3.05, 3.63) is 22.3 Å². The first-order valence-electron chi connectivity index (χ1n) is 5.66. The minimum Gasteiger partial charge on any atom is -0.387 e. The lowest BCUT2D eigenvalue weighted by molar-refractivity contribution is 0.688. The summed E-state index contributed by atoms with van der Waals surface area (Å²) in [5.74, 6) is 1.22. The number of hydrogen-bond donors (Lipinski definition) is 2. The predicted molar refractivity (Wildman–Crippen MR) is 75.6 cm³/mol. The molecule has 3 N–H and O–H groups in total. The first-order valence-corrected chi connectivity index (χ1v) is 6.46. The van der Waals surface area contributed by atoms with Crippen molar-refractivity contribution in [2.75, 3.05) is 18.0 Å². The van der Waals surface area contributed by atoms with Crippen molar-refractivity contribution in [1.29, 1.82) is 5.41 Å². The second-order valence-electron chi connectivity index (χ2n) is 4.19. The molecule has 1 aromatic heterocycles. The maximum absolute atomic E-state index is 7.44. The highest BCUT2D eigenvalue weighted by atomic mass is 79.9. The number of nitrogens with two attached hydrogens (primary N) is 1. The quantitative estimate of drug-likeness (QED) is 0.648. The average Bonchev–Trinajstić information content (AvgIpc) is 2.26. The van der Waals surface area contributed by atoms with E-state index in [2.05, 4.69) is 32.7 Å². The van der Waals surface area contributed by atoms with E-state index in [-0.39, 0.29) is 11.8 Å². The second-order valence-corrected chi connectivity index (χ2v) is 5.10. The van der Waals surface area contributed by atoms with Gasteiger partial charge in [0.1, 0.15) is 5.82 Å². The Hall–Kier alpha value is -1.10. The largest absolute Gasteiger partial charge is 0.387 e. The van der Waals surface area contributed by atoms with Gasteiger partial charge < -0.3 is 10.6 Å². The number of hydrogen-bond acceptors (Lipinski definition) is 3. The third-order valence-corrected chi connectivity index (χ3v) is 3.16. The highest BCUT2D eigenvalue weighted by Gasteiger charge is 2.14. The molecule has 17 heavy (non-hydrogen) atoms. The van der Waals surface area contributed by atoms with Gasteiger partial charge in [-0.25, -0.2) is 4.98 Å². The third-order valence-electron chi connectivity index (χ3n) is 2.72. The zero-order valence-electron chi connectivity index (χ0n) is 10.5. The van der Waals surface area contributed by atoms with Crippen LogP contribution in [0, 0.1) is 18.3 Å². The molecule has 0 aliphatic carbocycles. The van der Waals surface area contributed by atoms with Crippen molar-refractivity contribution in [2.24, 2.45) is 11.7 Å². The summed E-state index contributed by atoms with van der Waals surface area (Å²) >= 11 is 3.41. The summed E-state index contributed by atoms with van der Waals surface area (Å²) in [7, 11) is 0. The smallest absolute Gasteiger partial charge is 0.131 e. The Balaban J connectivity index is 2.90. The average molecular weight is 299 g/mol. The third kappa shape index (κ3) is 3.70. The molecule has 0 bridgehead atoms. The Morgan fingerprint density at radius 2 is 2.29 bits per heavy atom. The van der Waals surface area contributed by atoms with Crippen LogP contribution in [-0.2, 0) is 0 Å². The standard InChI is InChI=1S/C12H19BrN4/c1-4-17(7-9(3)11(14)15)12-8(2)5-10(13)6-16-12/h5-6,9H,4,7H2,1-3H3,(H3,14,15). The van der Waals surface area contributed by atoms with Crippen molar-refractivity contribution in [3.63, 3.8) is 0 Å². The molecule has 1 aromatic rings. The summed E-state index contributed by atoms with van der Waals surface area (Å²) in [6.45, 7) is 7.65. The van der Waals surface area contributed by atoms with Gasteiger partial charge in [-0.1, -0.05) is 6.92 Å². The van der Waals surface area contributed by atoms with Crippen LogP contribution < -0.4 is 10.6 Å². The molecule has 0 amide bonds. The van der Waals surface area contributed by atoms with Crippen LogP contribution in [0.2, 0.25) is 0 Å². The van der Waals surface area contributed by atoms with Crippen molar-refractivity contribution in [3.8, 4) is 0 Å². The van der Waals surface area contributed by atoms with Gasteiger partial charge in [0.2, 0.25) is 0 Å². The number of halogens is 1. The normalized spacial score (nSPS) is 12.2. The fourth-order valence-corrected chi connectivity index (χ4v) is 2.10.